The molecule has 2 aliphatic carbocycles. The zero-order valence-electron chi connectivity index (χ0n) is 32.8. The summed E-state index contributed by atoms with van der Waals surface area (Å²) in [6.45, 7) is 22.3. The molecule has 49 heavy (non-hydrogen) atoms. The first-order valence-corrected chi connectivity index (χ1v) is 20.1. The summed E-state index contributed by atoms with van der Waals surface area (Å²) >= 11 is 0. The highest BCUT2D eigenvalue weighted by atomic mass is 16.7. The van der Waals surface area contributed by atoms with E-state index < -0.39 is 0 Å². The van der Waals surface area contributed by atoms with E-state index in [1.807, 2.05) is 0 Å². The first kappa shape index (κ1) is 38.9. The Morgan fingerprint density at radius 1 is 0.776 bits per heavy atom. The van der Waals surface area contributed by atoms with Crippen molar-refractivity contribution in [2.45, 2.75) is 206 Å². The number of hydrogen-bond acceptors (Lipinski definition) is 8. The third-order valence-electron chi connectivity index (χ3n) is 11.8. The first-order chi connectivity index (χ1) is 23.2. The van der Waals surface area contributed by atoms with Crippen molar-refractivity contribution in [2.24, 2.45) is 21.8 Å². The van der Waals surface area contributed by atoms with E-state index in [4.69, 9.17) is 19.7 Å². The van der Waals surface area contributed by atoms with Crippen molar-refractivity contribution in [1.29, 1.82) is 0 Å². The molecule has 10 heteroatoms. The van der Waals surface area contributed by atoms with Crippen LogP contribution in [-0.2, 0) is 9.68 Å². The largest absolute Gasteiger partial charge is 0.394 e. The lowest BCUT2D eigenvalue weighted by atomic mass is 9.73. The van der Waals surface area contributed by atoms with Gasteiger partial charge in [-0.3, -0.25) is 14.7 Å². The number of aliphatic hydroxyl groups excluding tert-OH is 1. The second-order valence-electron chi connectivity index (χ2n) is 18.5. The van der Waals surface area contributed by atoms with E-state index in [1.54, 1.807) is 0 Å². The zero-order valence-corrected chi connectivity index (χ0v) is 32.8. The van der Waals surface area contributed by atoms with Crippen molar-refractivity contribution >= 4 is 11.8 Å². The number of nitrogens with zero attached hydrogens (tertiary/aromatic N) is 5. The van der Waals surface area contributed by atoms with E-state index in [-0.39, 0.29) is 46.8 Å². The molecule has 0 bridgehead atoms. The first-order valence-electron chi connectivity index (χ1n) is 20.1. The van der Waals surface area contributed by atoms with E-state index in [0.29, 0.717) is 18.8 Å². The number of amidine groups is 1. The second kappa shape index (κ2) is 16.2. The number of aliphatic imine (C=N–C) groups is 2. The van der Waals surface area contributed by atoms with Gasteiger partial charge in [0.2, 0.25) is 5.96 Å². The maximum absolute atomic E-state index is 9.89. The molecule has 0 spiro atoms. The summed E-state index contributed by atoms with van der Waals surface area (Å²) in [5, 5.41) is 20.5. The molecule has 10 nitrogen and oxygen atoms in total. The Hall–Kier alpha value is -1.30. The molecule has 2 saturated heterocycles. The van der Waals surface area contributed by atoms with Crippen molar-refractivity contribution in [3.63, 3.8) is 0 Å². The van der Waals surface area contributed by atoms with Gasteiger partial charge in [0.1, 0.15) is 12.0 Å². The monoisotopic (exact) mass is 688 g/mol. The molecule has 0 aromatic carbocycles. The van der Waals surface area contributed by atoms with Crippen molar-refractivity contribution < 1.29 is 14.8 Å². The van der Waals surface area contributed by atoms with Crippen LogP contribution in [0.15, 0.2) is 9.98 Å². The molecule has 3 N–H and O–H groups in total. The van der Waals surface area contributed by atoms with E-state index in [2.05, 4.69) is 88.2 Å². The number of hydrogen-bond donors (Lipinski definition) is 3. The number of unbranched alkanes of at least 4 members (excludes halogenated alkanes) is 1. The van der Waals surface area contributed by atoms with Gasteiger partial charge < -0.3 is 10.4 Å². The molecule has 2 saturated carbocycles. The van der Waals surface area contributed by atoms with Gasteiger partial charge in [-0.15, -0.1) is 0 Å². The lowest BCUT2D eigenvalue weighted by Crippen LogP contribution is -2.68. The van der Waals surface area contributed by atoms with Crippen LogP contribution in [0, 0.1) is 11.8 Å². The molecular weight excluding hydrogens is 614 g/mol. The Morgan fingerprint density at radius 2 is 1.27 bits per heavy atom. The third-order valence-corrected chi connectivity index (χ3v) is 11.8. The second-order valence-corrected chi connectivity index (χ2v) is 18.5. The molecule has 3 heterocycles. The Kier molecular flexibility index (Phi) is 12.8. The Balaban J connectivity index is 1.45. The minimum absolute atomic E-state index is 0.0129. The van der Waals surface area contributed by atoms with Crippen LogP contribution in [0.1, 0.15) is 165 Å². The smallest absolute Gasteiger partial charge is 0.216 e. The average Bonchev–Trinajstić information content (AvgIpc) is 3.04. The Labute approximate surface area is 299 Å². The van der Waals surface area contributed by atoms with Crippen LogP contribution in [0.5, 0.6) is 0 Å². The zero-order chi connectivity index (χ0) is 35.5. The van der Waals surface area contributed by atoms with Crippen LogP contribution in [0.4, 0.5) is 0 Å². The van der Waals surface area contributed by atoms with Crippen molar-refractivity contribution in [1.82, 2.24) is 25.9 Å². The average molecular weight is 688 g/mol. The number of nitrogens with one attached hydrogen (secondary N) is 2. The number of guanidine groups is 1. The van der Waals surface area contributed by atoms with Gasteiger partial charge >= 0.3 is 0 Å². The highest BCUT2D eigenvalue weighted by Gasteiger charge is 2.53. The number of hydrazine groups is 1. The van der Waals surface area contributed by atoms with Gasteiger partial charge in [-0.25, -0.2) is 15.4 Å². The summed E-state index contributed by atoms with van der Waals surface area (Å²) in [6, 6.07) is 0. The number of aliphatic hydroxyl groups is 1. The predicted molar refractivity (Wildman–Crippen MR) is 200 cm³/mol. The standard InChI is InChI=1S/C39H73N7O3/c1-10-11-22-41-44-34(30-27-38(6,7)46(39(8,9)28-30)49-32-20-16-13-17-21-32)42-33(43-35(44)40-23-24-47)29-25-36(2,3)45(37(4,5)26-29)48-31-18-14-12-15-19-31/h29-32,34,41,47H,10-28H2,1-9H3,(H,40,42,43). The van der Waals surface area contributed by atoms with E-state index in [0.717, 1.165) is 82.5 Å². The molecular formula is C39H73N7O3. The van der Waals surface area contributed by atoms with Gasteiger partial charge in [-0.05, 0) is 113 Å². The van der Waals surface area contributed by atoms with Gasteiger partial charge in [0.25, 0.3) is 0 Å². The van der Waals surface area contributed by atoms with E-state index in [9.17, 15) is 5.11 Å². The third kappa shape index (κ3) is 9.39. The molecule has 3 aliphatic heterocycles. The van der Waals surface area contributed by atoms with Crippen LogP contribution in [0.2, 0.25) is 0 Å². The summed E-state index contributed by atoms with van der Waals surface area (Å²) in [7, 11) is 0. The van der Waals surface area contributed by atoms with Crippen LogP contribution < -0.4 is 10.7 Å². The van der Waals surface area contributed by atoms with Crippen LogP contribution in [-0.4, -0.2) is 92.3 Å². The predicted octanol–water partition coefficient (Wildman–Crippen LogP) is 7.34. The molecule has 0 amide bonds. The highest BCUT2D eigenvalue weighted by Crippen LogP contribution is 2.47. The van der Waals surface area contributed by atoms with Crippen LogP contribution in [0.3, 0.4) is 0 Å². The highest BCUT2D eigenvalue weighted by molar-refractivity contribution is 6.02. The summed E-state index contributed by atoms with van der Waals surface area (Å²) in [5.41, 5.74) is 3.11. The number of rotatable bonds is 12. The van der Waals surface area contributed by atoms with Gasteiger partial charge in [0.05, 0.1) is 25.4 Å². The number of hydroxylamine groups is 4. The van der Waals surface area contributed by atoms with Gasteiger partial charge in [0, 0.05) is 40.5 Å². The molecule has 0 radical (unpaired) electrons. The maximum atomic E-state index is 9.89. The van der Waals surface area contributed by atoms with Crippen molar-refractivity contribution in [3.8, 4) is 0 Å². The molecule has 5 rings (SSSR count). The summed E-state index contributed by atoms with van der Waals surface area (Å²) in [5.74, 6) is 2.32. The SMILES string of the molecule is CCCCNN1C(=NCCO)NC(C2CC(C)(C)N(OC3CCCCC3)C(C)(C)C2)=NC1C1CC(C)(C)N(OC2CCCCC2)C(C)(C)C1. The molecule has 4 fully saturated rings. The summed E-state index contributed by atoms with van der Waals surface area (Å²) < 4.78 is 0. The fraction of sp³-hybridized carbons (Fsp3) is 0.949. The van der Waals surface area contributed by atoms with Crippen LogP contribution in [0.25, 0.3) is 0 Å². The van der Waals surface area contributed by atoms with Crippen molar-refractivity contribution in [3.05, 3.63) is 0 Å². The van der Waals surface area contributed by atoms with E-state index in [1.165, 1.54) is 38.5 Å². The van der Waals surface area contributed by atoms with Crippen LogP contribution >= 0.6 is 0 Å². The van der Waals surface area contributed by atoms with Gasteiger partial charge in [0.15, 0.2) is 0 Å². The topological polar surface area (TPSA) is 97.2 Å². The lowest BCUT2D eigenvalue weighted by Gasteiger charge is -2.57. The molecule has 1 atom stereocenters. The maximum Gasteiger partial charge on any atom is 0.216 e. The normalized spacial score (nSPS) is 30.0. The quantitative estimate of drug-likeness (QED) is 0.184. The fourth-order valence-electron chi connectivity index (χ4n) is 10.1. The Morgan fingerprint density at radius 3 is 1.73 bits per heavy atom. The summed E-state index contributed by atoms with van der Waals surface area (Å²) in [4.78, 5) is 24.4. The fourth-order valence-corrected chi connectivity index (χ4v) is 10.1. The molecule has 0 aromatic rings. The van der Waals surface area contributed by atoms with Gasteiger partial charge in [-0.1, -0.05) is 51.9 Å². The molecule has 5 aliphatic rings. The minimum Gasteiger partial charge on any atom is -0.394 e. The minimum atomic E-state index is -0.159. The molecule has 1 unspecified atom stereocenters. The van der Waals surface area contributed by atoms with Gasteiger partial charge in [-0.2, -0.15) is 10.1 Å². The number of piperidine rings is 2. The summed E-state index contributed by atoms with van der Waals surface area (Å²) in [6.07, 6.45) is 18.9. The molecule has 0 aromatic heterocycles. The molecule has 282 valence electrons. The lowest BCUT2D eigenvalue weighted by molar-refractivity contribution is -0.316. The van der Waals surface area contributed by atoms with E-state index >= 15 is 0 Å². The Bertz CT molecular complexity index is 1090. The van der Waals surface area contributed by atoms with Crippen molar-refractivity contribution in [2.75, 3.05) is 19.7 Å².